The second kappa shape index (κ2) is 15.5. The number of aliphatic hydroxyl groups is 1. The molecule has 5 nitrogen and oxygen atoms in total. The summed E-state index contributed by atoms with van der Waals surface area (Å²) in [5, 5.41) is 19.4. The lowest BCUT2D eigenvalue weighted by atomic mass is 9.81. The van der Waals surface area contributed by atoms with Gasteiger partial charge in [0.1, 0.15) is 0 Å². The average molecular weight is 515 g/mol. The van der Waals surface area contributed by atoms with Gasteiger partial charge in [0.05, 0.1) is 18.3 Å². The number of hydrogen-bond donors (Lipinski definition) is 2. The second-order valence-corrected chi connectivity index (χ2v) is 11.1. The van der Waals surface area contributed by atoms with Crippen LogP contribution in [0.25, 0.3) is 0 Å². The molecule has 2 aliphatic heterocycles. The van der Waals surface area contributed by atoms with Gasteiger partial charge in [-0.25, -0.2) is 4.79 Å². The van der Waals surface area contributed by atoms with Crippen LogP contribution in [-0.2, 0) is 14.3 Å². The van der Waals surface area contributed by atoms with Crippen molar-refractivity contribution in [3.05, 3.63) is 59.8 Å². The minimum Gasteiger partial charge on any atom is -0.478 e. The number of ether oxygens (including phenoxy) is 2. The van der Waals surface area contributed by atoms with E-state index in [0.717, 1.165) is 56.9 Å². The van der Waals surface area contributed by atoms with Crippen molar-refractivity contribution >= 4 is 5.97 Å². The highest BCUT2D eigenvalue weighted by Gasteiger charge is 2.46. The molecule has 208 valence electrons. The topological polar surface area (TPSA) is 76.0 Å². The Balaban J connectivity index is 2.10. The van der Waals surface area contributed by atoms with Crippen LogP contribution in [0.3, 0.4) is 0 Å². The summed E-state index contributed by atoms with van der Waals surface area (Å²) in [5.74, 6) is -0.557. The highest BCUT2D eigenvalue weighted by molar-refractivity contribution is 5.81. The van der Waals surface area contributed by atoms with E-state index in [1.807, 2.05) is 57.2 Å². The van der Waals surface area contributed by atoms with E-state index in [0.29, 0.717) is 17.4 Å². The number of unbranched alkanes of at least 4 members (excludes halogenated alkanes) is 1. The van der Waals surface area contributed by atoms with Crippen LogP contribution in [0.5, 0.6) is 0 Å². The fourth-order valence-corrected chi connectivity index (χ4v) is 5.28. The van der Waals surface area contributed by atoms with E-state index in [2.05, 4.69) is 26.8 Å². The van der Waals surface area contributed by atoms with Gasteiger partial charge in [0.15, 0.2) is 5.79 Å². The number of aliphatic carboxylic acids is 1. The molecule has 2 N–H and O–H groups in total. The molecule has 2 aliphatic rings. The molecule has 7 atom stereocenters. The monoisotopic (exact) mass is 514 g/mol. The molecule has 0 aromatic heterocycles. The number of hydrogen-bond acceptors (Lipinski definition) is 4. The summed E-state index contributed by atoms with van der Waals surface area (Å²) in [6.07, 6.45) is 22.8. The zero-order valence-corrected chi connectivity index (χ0v) is 23.9. The first-order valence-electron chi connectivity index (χ1n) is 14.2. The molecule has 6 unspecified atom stereocenters. The summed E-state index contributed by atoms with van der Waals surface area (Å²) in [5.41, 5.74) is 1.83. The van der Waals surface area contributed by atoms with Gasteiger partial charge in [-0.15, -0.1) is 0 Å². The van der Waals surface area contributed by atoms with E-state index in [4.69, 9.17) is 14.6 Å². The molecule has 5 heteroatoms. The quantitative estimate of drug-likeness (QED) is 0.160. The summed E-state index contributed by atoms with van der Waals surface area (Å²) in [7, 11) is 0. The van der Waals surface area contributed by atoms with Crippen molar-refractivity contribution in [3.8, 4) is 0 Å². The highest BCUT2D eigenvalue weighted by atomic mass is 16.7. The molecule has 2 saturated heterocycles. The Kier molecular flexibility index (Phi) is 13.1. The summed E-state index contributed by atoms with van der Waals surface area (Å²) in [4.78, 5) is 11.0. The number of rotatable bonds is 12. The Morgan fingerprint density at radius 3 is 2.51 bits per heavy atom. The van der Waals surface area contributed by atoms with Crippen LogP contribution >= 0.6 is 0 Å². The van der Waals surface area contributed by atoms with E-state index in [1.165, 1.54) is 6.08 Å². The Morgan fingerprint density at radius 2 is 1.84 bits per heavy atom. The first-order chi connectivity index (χ1) is 17.6. The molecule has 2 rings (SSSR count). The SMILES string of the molecule is C/C=C/C(C)C(O)/C=C/C(C)=C/CC1O[C@]2(CCC1C)CCC(CCCC)C(/C=C/C(C)=C/C(=O)O)O2. The van der Waals surface area contributed by atoms with Crippen molar-refractivity contribution in [2.75, 3.05) is 0 Å². The first kappa shape index (κ1) is 31.3. The van der Waals surface area contributed by atoms with Gasteiger partial charge in [-0.1, -0.05) is 81.7 Å². The van der Waals surface area contributed by atoms with Gasteiger partial charge in [-0.3, -0.25) is 0 Å². The number of carbonyl (C=O) groups is 1. The van der Waals surface area contributed by atoms with Crippen molar-refractivity contribution in [2.45, 2.75) is 117 Å². The van der Waals surface area contributed by atoms with Crippen LogP contribution in [-0.4, -0.2) is 40.3 Å². The van der Waals surface area contributed by atoms with Gasteiger partial charge in [-0.2, -0.15) is 0 Å². The van der Waals surface area contributed by atoms with Crippen LogP contribution in [0.15, 0.2) is 59.8 Å². The number of aliphatic hydroxyl groups excluding tert-OH is 1. The summed E-state index contributed by atoms with van der Waals surface area (Å²) >= 11 is 0. The maximum absolute atomic E-state index is 11.0. The van der Waals surface area contributed by atoms with E-state index in [1.54, 1.807) is 0 Å². The third kappa shape index (κ3) is 10.4. The van der Waals surface area contributed by atoms with Crippen LogP contribution < -0.4 is 0 Å². The lowest BCUT2D eigenvalue weighted by Gasteiger charge is -2.49. The van der Waals surface area contributed by atoms with E-state index >= 15 is 0 Å². The van der Waals surface area contributed by atoms with Gasteiger partial charge in [0.2, 0.25) is 0 Å². The van der Waals surface area contributed by atoms with Crippen molar-refractivity contribution < 1.29 is 24.5 Å². The predicted molar refractivity (Wildman–Crippen MR) is 151 cm³/mol. The minimum atomic E-state index is -0.932. The highest BCUT2D eigenvalue weighted by Crippen LogP contribution is 2.45. The fourth-order valence-electron chi connectivity index (χ4n) is 5.28. The molecule has 0 amide bonds. The van der Waals surface area contributed by atoms with Crippen LogP contribution in [0.2, 0.25) is 0 Å². The standard InChI is InChI=1S/C32H50O5/c1-7-9-11-27-19-21-32(37-30(27)17-14-24(4)22-31(34)35)20-18-26(6)29(36-32)16-13-23(3)12-15-28(33)25(5)10-8-2/h8,10,12-15,17,22,25-30,33H,7,9,11,16,18-21H2,1-6H3,(H,34,35)/b10-8+,15-12+,17-14+,23-13+,24-22+/t25?,26?,27?,28?,29?,30?,32-/m0/s1. The van der Waals surface area contributed by atoms with Crippen molar-refractivity contribution in [1.82, 2.24) is 0 Å². The lowest BCUT2D eigenvalue weighted by molar-refractivity contribution is -0.324. The summed E-state index contributed by atoms with van der Waals surface area (Å²) in [6.45, 7) is 12.3. The molecule has 0 saturated carbocycles. The number of carboxylic acid groups (broad SMARTS) is 1. The maximum Gasteiger partial charge on any atom is 0.328 e. The summed E-state index contributed by atoms with van der Waals surface area (Å²) < 4.78 is 13.5. The molecule has 2 fully saturated rings. The molecule has 0 aromatic rings. The molecular formula is C32H50O5. The molecule has 0 bridgehead atoms. The van der Waals surface area contributed by atoms with Gasteiger partial charge >= 0.3 is 5.97 Å². The molecule has 37 heavy (non-hydrogen) atoms. The second-order valence-electron chi connectivity index (χ2n) is 11.1. The largest absolute Gasteiger partial charge is 0.478 e. The van der Waals surface area contributed by atoms with Crippen molar-refractivity contribution in [3.63, 3.8) is 0 Å². The van der Waals surface area contributed by atoms with E-state index in [-0.39, 0.29) is 18.1 Å². The Labute approximate surface area is 225 Å². The van der Waals surface area contributed by atoms with Crippen LogP contribution in [0, 0.1) is 17.8 Å². The predicted octanol–water partition coefficient (Wildman–Crippen LogP) is 7.54. The van der Waals surface area contributed by atoms with E-state index < -0.39 is 17.9 Å². The zero-order valence-electron chi connectivity index (χ0n) is 23.9. The van der Waals surface area contributed by atoms with E-state index in [9.17, 15) is 9.90 Å². The fraction of sp³-hybridized carbons (Fsp3) is 0.656. The molecule has 0 aliphatic carbocycles. The Bertz CT molecular complexity index is 866. The van der Waals surface area contributed by atoms with Gasteiger partial charge in [-0.05, 0) is 63.9 Å². The Morgan fingerprint density at radius 1 is 1.11 bits per heavy atom. The molecular weight excluding hydrogens is 464 g/mol. The third-order valence-electron chi connectivity index (χ3n) is 7.78. The van der Waals surface area contributed by atoms with Crippen molar-refractivity contribution in [2.24, 2.45) is 17.8 Å². The van der Waals surface area contributed by atoms with Gasteiger partial charge in [0.25, 0.3) is 0 Å². The Hall–Kier alpha value is -1.95. The molecule has 0 radical (unpaired) electrons. The number of carboxylic acids is 1. The smallest absolute Gasteiger partial charge is 0.328 e. The number of allylic oxidation sites excluding steroid dienone is 5. The van der Waals surface area contributed by atoms with Crippen molar-refractivity contribution in [1.29, 1.82) is 0 Å². The van der Waals surface area contributed by atoms with Crippen LogP contribution in [0.4, 0.5) is 0 Å². The lowest BCUT2D eigenvalue weighted by Crippen LogP contribution is -2.52. The molecule has 0 aromatic carbocycles. The summed E-state index contributed by atoms with van der Waals surface area (Å²) in [6, 6.07) is 0. The molecule has 2 heterocycles. The van der Waals surface area contributed by atoms with Gasteiger partial charge < -0.3 is 19.7 Å². The first-order valence-corrected chi connectivity index (χ1v) is 14.2. The third-order valence-corrected chi connectivity index (χ3v) is 7.78. The zero-order chi connectivity index (χ0) is 27.4. The molecule has 1 spiro atoms. The van der Waals surface area contributed by atoms with Crippen LogP contribution in [0.1, 0.15) is 92.9 Å². The normalized spacial score (nSPS) is 31.5. The average Bonchev–Trinajstić information content (AvgIpc) is 2.86. The minimum absolute atomic E-state index is 0.0765. The van der Waals surface area contributed by atoms with Gasteiger partial charge in [0, 0.05) is 24.8 Å². The maximum atomic E-state index is 11.0.